The topological polar surface area (TPSA) is 38.3 Å². The maximum Gasteiger partial charge on any atom is 0.115 e. The maximum absolute atomic E-state index is 11.0. The van der Waals surface area contributed by atoms with Crippen LogP contribution in [0.3, 0.4) is 0 Å². The number of rotatable bonds is 1. The number of hydrogen-bond acceptors (Lipinski definition) is 3. The number of hydrogen-bond donors (Lipinski definition) is 1. The summed E-state index contributed by atoms with van der Waals surface area (Å²) in [4.78, 5) is 0. The second kappa shape index (κ2) is 2.37. The van der Waals surface area contributed by atoms with Gasteiger partial charge in [-0.1, -0.05) is 0 Å². The van der Waals surface area contributed by atoms with Crippen molar-refractivity contribution in [1.29, 1.82) is 0 Å². The largest absolute Gasteiger partial charge is 0.598 e. The van der Waals surface area contributed by atoms with Crippen molar-refractivity contribution < 1.29 is 4.55 Å². The fourth-order valence-electron chi connectivity index (χ4n) is 1.84. The number of piperazine rings is 1. The van der Waals surface area contributed by atoms with Crippen LogP contribution < -0.4 is 5.32 Å². The van der Waals surface area contributed by atoms with E-state index in [-0.39, 0.29) is 0 Å². The third-order valence-corrected chi connectivity index (χ3v) is 3.44. The first-order valence-corrected chi connectivity index (χ1v) is 5.12. The van der Waals surface area contributed by atoms with Gasteiger partial charge in [-0.05, 0) is 6.42 Å². The molecule has 2 aliphatic rings. The fourth-order valence-corrected chi connectivity index (χ4v) is 2.81. The lowest BCUT2D eigenvalue weighted by Crippen LogP contribution is -2.45. The zero-order valence-electron chi connectivity index (χ0n) is 6.04. The summed E-state index contributed by atoms with van der Waals surface area (Å²) >= 11 is -0.747. The molecule has 2 bridgehead atoms. The van der Waals surface area contributed by atoms with E-state index in [1.54, 1.807) is 6.26 Å². The normalized spacial score (nSPS) is 42.6. The van der Waals surface area contributed by atoms with E-state index in [1.807, 2.05) is 0 Å². The molecule has 3 nitrogen and oxygen atoms in total. The van der Waals surface area contributed by atoms with Crippen molar-refractivity contribution in [3.63, 3.8) is 0 Å². The van der Waals surface area contributed by atoms with Crippen molar-refractivity contribution >= 4 is 11.4 Å². The van der Waals surface area contributed by atoms with Gasteiger partial charge in [-0.2, -0.15) is 0 Å². The minimum Gasteiger partial charge on any atom is -0.598 e. The molecular weight excluding hydrogens is 148 g/mol. The lowest BCUT2D eigenvalue weighted by atomic mass is 10.2. The Kier molecular flexibility index (Phi) is 1.64. The molecule has 2 fully saturated rings. The zero-order chi connectivity index (χ0) is 7.14. The molecule has 0 aromatic rings. The molecule has 2 heterocycles. The van der Waals surface area contributed by atoms with Crippen molar-refractivity contribution in [2.45, 2.75) is 18.5 Å². The molecule has 4 heteroatoms. The third kappa shape index (κ3) is 0.955. The van der Waals surface area contributed by atoms with Gasteiger partial charge in [0.25, 0.3) is 0 Å². The van der Waals surface area contributed by atoms with Crippen molar-refractivity contribution in [1.82, 2.24) is 9.62 Å². The van der Waals surface area contributed by atoms with Crippen LogP contribution in [0, 0.1) is 0 Å². The lowest BCUT2D eigenvalue weighted by Gasteiger charge is -2.25. The van der Waals surface area contributed by atoms with Crippen LogP contribution >= 0.6 is 0 Å². The van der Waals surface area contributed by atoms with Gasteiger partial charge in [0.05, 0.1) is 12.6 Å². The van der Waals surface area contributed by atoms with Gasteiger partial charge in [-0.15, -0.1) is 4.31 Å². The van der Waals surface area contributed by atoms with Gasteiger partial charge in [0.2, 0.25) is 0 Å². The van der Waals surface area contributed by atoms with E-state index in [0.29, 0.717) is 12.1 Å². The first kappa shape index (κ1) is 6.91. The SMILES string of the molecule is C[S+]([O-])N1C[C@H]2CC1CN2. The van der Waals surface area contributed by atoms with Crippen LogP contribution in [-0.4, -0.2) is 40.3 Å². The van der Waals surface area contributed by atoms with E-state index >= 15 is 0 Å². The number of nitrogens with zero attached hydrogens (tertiary/aromatic N) is 1. The molecule has 2 rings (SSSR count). The minimum atomic E-state index is -0.747. The Morgan fingerprint density at radius 2 is 2.50 bits per heavy atom. The van der Waals surface area contributed by atoms with E-state index in [4.69, 9.17) is 0 Å². The summed E-state index contributed by atoms with van der Waals surface area (Å²) < 4.78 is 13.1. The summed E-state index contributed by atoms with van der Waals surface area (Å²) in [5, 5.41) is 3.36. The molecule has 3 atom stereocenters. The molecule has 2 aliphatic heterocycles. The molecule has 0 saturated carbocycles. The number of fused-ring (bicyclic) bond motifs is 2. The smallest absolute Gasteiger partial charge is 0.115 e. The molecule has 0 aliphatic carbocycles. The highest BCUT2D eigenvalue weighted by molar-refractivity contribution is 7.88. The second-order valence-corrected chi connectivity index (χ2v) is 4.33. The van der Waals surface area contributed by atoms with Crippen LogP contribution in [0.25, 0.3) is 0 Å². The third-order valence-electron chi connectivity index (χ3n) is 2.34. The summed E-state index contributed by atoms with van der Waals surface area (Å²) in [6.07, 6.45) is 2.96. The van der Waals surface area contributed by atoms with Gasteiger partial charge < -0.3 is 9.87 Å². The summed E-state index contributed by atoms with van der Waals surface area (Å²) in [6, 6.07) is 1.17. The first-order valence-electron chi connectivity index (χ1n) is 3.61. The van der Waals surface area contributed by atoms with Crippen molar-refractivity contribution in [3.05, 3.63) is 0 Å². The Morgan fingerprint density at radius 1 is 1.70 bits per heavy atom. The molecule has 58 valence electrons. The predicted molar refractivity (Wildman–Crippen MR) is 41.0 cm³/mol. The highest BCUT2D eigenvalue weighted by Gasteiger charge is 2.42. The van der Waals surface area contributed by atoms with Gasteiger partial charge in [-0.25, -0.2) is 0 Å². The van der Waals surface area contributed by atoms with Crippen molar-refractivity contribution in [3.8, 4) is 0 Å². The van der Waals surface area contributed by atoms with Crippen LogP contribution in [0.1, 0.15) is 6.42 Å². The molecular formula is C6H12N2OS. The molecule has 0 spiro atoms. The standard InChI is InChI=1S/C6H12N2OS/c1-10(9)8-4-5-2-6(8)3-7-5/h5-7H,2-4H2,1H3/t5-,6?,10?/m1/s1. The number of nitrogens with one attached hydrogen (secondary N) is 1. The van der Waals surface area contributed by atoms with Crippen molar-refractivity contribution in [2.24, 2.45) is 0 Å². The Balaban J connectivity index is 2.02. The van der Waals surface area contributed by atoms with E-state index in [0.717, 1.165) is 13.1 Å². The van der Waals surface area contributed by atoms with Gasteiger partial charge >= 0.3 is 0 Å². The summed E-state index contributed by atoms with van der Waals surface area (Å²) in [5.41, 5.74) is 0. The van der Waals surface area contributed by atoms with E-state index in [2.05, 4.69) is 9.62 Å². The Hall–Kier alpha value is 0.230. The Bertz CT molecular complexity index is 142. The molecule has 2 unspecified atom stereocenters. The maximum atomic E-state index is 11.0. The van der Waals surface area contributed by atoms with Crippen LogP contribution in [0.4, 0.5) is 0 Å². The predicted octanol–water partition coefficient (Wildman–Crippen LogP) is -0.674. The van der Waals surface area contributed by atoms with Gasteiger partial charge in [-0.3, -0.25) is 0 Å². The highest BCUT2D eigenvalue weighted by Crippen LogP contribution is 2.24. The van der Waals surface area contributed by atoms with Gasteiger partial charge in [0, 0.05) is 23.9 Å². The average molecular weight is 160 g/mol. The molecule has 0 amide bonds. The first-order chi connectivity index (χ1) is 4.77. The quantitative estimate of drug-likeness (QED) is 0.517. The molecule has 0 aromatic carbocycles. The molecule has 1 N–H and O–H groups in total. The molecule has 0 radical (unpaired) electrons. The molecule has 0 aromatic heterocycles. The van der Waals surface area contributed by atoms with Crippen LogP contribution in [0.2, 0.25) is 0 Å². The van der Waals surface area contributed by atoms with Crippen molar-refractivity contribution in [2.75, 3.05) is 19.3 Å². The van der Waals surface area contributed by atoms with E-state index < -0.39 is 11.4 Å². The van der Waals surface area contributed by atoms with Gasteiger partial charge in [0.1, 0.15) is 6.26 Å². The average Bonchev–Trinajstić information content (AvgIpc) is 2.44. The Labute approximate surface area is 64.1 Å². The van der Waals surface area contributed by atoms with E-state index in [1.165, 1.54) is 6.42 Å². The van der Waals surface area contributed by atoms with Crippen LogP contribution in [-0.2, 0) is 11.4 Å². The van der Waals surface area contributed by atoms with Crippen LogP contribution in [0.15, 0.2) is 0 Å². The molecule has 10 heavy (non-hydrogen) atoms. The molecule has 2 saturated heterocycles. The summed E-state index contributed by atoms with van der Waals surface area (Å²) in [7, 11) is 0. The highest BCUT2D eigenvalue weighted by atomic mass is 32.2. The second-order valence-electron chi connectivity index (χ2n) is 3.02. The lowest BCUT2D eigenvalue weighted by molar-refractivity contribution is 0.351. The Morgan fingerprint density at radius 3 is 2.80 bits per heavy atom. The summed E-state index contributed by atoms with van der Waals surface area (Å²) in [5.74, 6) is 0. The summed E-state index contributed by atoms with van der Waals surface area (Å²) in [6.45, 7) is 2.01. The van der Waals surface area contributed by atoms with Gasteiger partial charge in [0.15, 0.2) is 0 Å². The minimum absolute atomic E-state index is 0.552. The van der Waals surface area contributed by atoms with Crippen LogP contribution in [0.5, 0.6) is 0 Å². The monoisotopic (exact) mass is 160 g/mol. The fraction of sp³-hybridized carbons (Fsp3) is 1.00. The zero-order valence-corrected chi connectivity index (χ0v) is 6.86. The van der Waals surface area contributed by atoms with E-state index in [9.17, 15) is 4.55 Å².